The molecule has 0 unspecified atom stereocenters. The summed E-state index contributed by atoms with van der Waals surface area (Å²) in [7, 11) is 0. The van der Waals surface area contributed by atoms with E-state index in [-0.39, 0.29) is 22.6 Å². The number of nitrogens with zero attached hydrogens (tertiary/aromatic N) is 2. The molecule has 1 aromatic heterocycles. The topological polar surface area (TPSA) is 98.3 Å². The highest BCUT2D eigenvalue weighted by Gasteiger charge is 2.18. The molecule has 4 aromatic rings. The Kier molecular flexibility index (Phi) is 4.52. The fourth-order valence-electron chi connectivity index (χ4n) is 2.99. The maximum absolute atomic E-state index is 13.1. The third kappa shape index (κ3) is 3.55. The van der Waals surface area contributed by atoms with Crippen molar-refractivity contribution in [2.45, 2.75) is 6.92 Å². The molecule has 7 nitrogen and oxygen atoms in total. The number of nitro benzene ring substituents is 1. The maximum atomic E-state index is 13.1. The van der Waals surface area contributed by atoms with Gasteiger partial charge in [-0.05, 0) is 55.5 Å². The van der Waals surface area contributed by atoms with Crippen molar-refractivity contribution < 1.29 is 18.5 Å². The van der Waals surface area contributed by atoms with Crippen molar-refractivity contribution in [1.29, 1.82) is 0 Å². The number of benzene rings is 3. The molecule has 0 spiro atoms. The zero-order valence-corrected chi connectivity index (χ0v) is 15.2. The summed E-state index contributed by atoms with van der Waals surface area (Å²) in [5.74, 6) is -0.489. The van der Waals surface area contributed by atoms with Gasteiger partial charge in [0.2, 0.25) is 5.89 Å². The molecule has 0 aliphatic carbocycles. The Hall–Kier alpha value is -4.07. The predicted octanol–water partition coefficient (Wildman–Crippen LogP) is 5.10. The van der Waals surface area contributed by atoms with Crippen molar-refractivity contribution in [3.63, 3.8) is 0 Å². The van der Waals surface area contributed by atoms with Gasteiger partial charge in [0.25, 0.3) is 11.6 Å². The summed E-state index contributed by atoms with van der Waals surface area (Å²) in [5, 5.41) is 13.8. The van der Waals surface area contributed by atoms with E-state index in [2.05, 4.69) is 10.3 Å². The first-order valence-electron chi connectivity index (χ1n) is 8.64. The van der Waals surface area contributed by atoms with Crippen molar-refractivity contribution in [3.05, 3.63) is 87.7 Å². The Morgan fingerprint density at radius 1 is 1.14 bits per heavy atom. The first kappa shape index (κ1) is 18.3. The lowest BCUT2D eigenvalue weighted by molar-refractivity contribution is -0.385. The zero-order valence-electron chi connectivity index (χ0n) is 15.2. The molecular weight excluding hydrogens is 377 g/mol. The average molecular weight is 391 g/mol. The largest absolute Gasteiger partial charge is 0.436 e. The summed E-state index contributed by atoms with van der Waals surface area (Å²) in [6.07, 6.45) is 0. The number of aromatic nitrogens is 1. The Labute approximate surface area is 164 Å². The number of carbonyl (C=O) groups excluding carboxylic acids is 1. The molecule has 0 atom stereocenters. The van der Waals surface area contributed by atoms with Crippen LogP contribution in [0.4, 0.5) is 15.8 Å². The van der Waals surface area contributed by atoms with Crippen LogP contribution in [0.15, 0.2) is 65.1 Å². The minimum atomic E-state index is -0.523. The van der Waals surface area contributed by atoms with Crippen LogP contribution >= 0.6 is 0 Å². The van der Waals surface area contributed by atoms with Crippen LogP contribution in [0.2, 0.25) is 0 Å². The van der Waals surface area contributed by atoms with Gasteiger partial charge in [-0.15, -0.1) is 0 Å². The molecule has 0 aliphatic rings. The number of rotatable bonds is 4. The van der Waals surface area contributed by atoms with Crippen LogP contribution in [0, 0.1) is 22.9 Å². The smallest absolute Gasteiger partial charge is 0.273 e. The van der Waals surface area contributed by atoms with E-state index in [0.717, 1.165) is 0 Å². The molecule has 1 heterocycles. The summed E-state index contributed by atoms with van der Waals surface area (Å²) in [6, 6.07) is 15.0. The van der Waals surface area contributed by atoms with Gasteiger partial charge in [0.05, 0.1) is 4.92 Å². The van der Waals surface area contributed by atoms with E-state index < -0.39 is 10.8 Å². The Bertz CT molecular complexity index is 1250. The lowest BCUT2D eigenvalue weighted by Gasteiger charge is -2.07. The van der Waals surface area contributed by atoms with Gasteiger partial charge in [-0.25, -0.2) is 9.37 Å². The number of anilines is 1. The van der Waals surface area contributed by atoms with E-state index in [4.69, 9.17) is 4.42 Å². The zero-order chi connectivity index (χ0) is 20.5. The molecular formula is C21H14FN3O4. The monoisotopic (exact) mass is 391 g/mol. The minimum Gasteiger partial charge on any atom is -0.436 e. The first-order chi connectivity index (χ1) is 13.9. The highest BCUT2D eigenvalue weighted by molar-refractivity contribution is 6.06. The number of oxazole rings is 1. The van der Waals surface area contributed by atoms with E-state index in [1.165, 1.54) is 37.3 Å². The molecule has 0 fully saturated rings. The molecule has 8 heteroatoms. The lowest BCUT2D eigenvalue weighted by atomic mass is 10.1. The summed E-state index contributed by atoms with van der Waals surface area (Å²) in [6.45, 7) is 1.53. The van der Waals surface area contributed by atoms with Gasteiger partial charge in [-0.1, -0.05) is 6.07 Å². The second-order valence-electron chi connectivity index (χ2n) is 6.37. The summed E-state index contributed by atoms with van der Waals surface area (Å²) >= 11 is 0. The molecule has 1 amide bonds. The number of nitro groups is 1. The minimum absolute atomic E-state index is 0.117. The number of hydrogen-bond acceptors (Lipinski definition) is 5. The van der Waals surface area contributed by atoms with Gasteiger partial charge in [0, 0.05) is 28.4 Å². The third-order valence-corrected chi connectivity index (χ3v) is 4.48. The number of halogens is 1. The molecule has 0 saturated carbocycles. The number of hydrogen-bond donors (Lipinski definition) is 1. The van der Waals surface area contributed by atoms with Crippen LogP contribution in [0.25, 0.3) is 22.6 Å². The number of nitrogens with one attached hydrogen (secondary N) is 1. The van der Waals surface area contributed by atoms with Gasteiger partial charge >= 0.3 is 0 Å². The van der Waals surface area contributed by atoms with Crippen molar-refractivity contribution in [2.75, 3.05) is 5.32 Å². The van der Waals surface area contributed by atoms with Gasteiger partial charge in [0.1, 0.15) is 11.3 Å². The molecule has 3 aromatic carbocycles. The van der Waals surface area contributed by atoms with Crippen LogP contribution in [-0.2, 0) is 0 Å². The molecule has 0 aliphatic heterocycles. The molecule has 0 bridgehead atoms. The molecule has 29 heavy (non-hydrogen) atoms. The standard InChI is InChI=1S/C21H14FN3O4/c1-12-16(3-2-4-18(12)25(27)28)20(26)23-15-9-10-19-17(11-15)24-21(29-19)13-5-7-14(22)8-6-13/h2-11H,1H3,(H,23,26). The quantitative estimate of drug-likeness (QED) is 0.385. The fourth-order valence-corrected chi connectivity index (χ4v) is 2.99. The first-order valence-corrected chi connectivity index (χ1v) is 8.64. The van der Waals surface area contributed by atoms with Crippen LogP contribution in [0.1, 0.15) is 15.9 Å². The van der Waals surface area contributed by atoms with Crippen molar-refractivity contribution >= 4 is 28.4 Å². The van der Waals surface area contributed by atoms with Crippen molar-refractivity contribution in [2.24, 2.45) is 0 Å². The second kappa shape index (κ2) is 7.16. The van der Waals surface area contributed by atoms with Gasteiger partial charge in [-0.3, -0.25) is 14.9 Å². The van der Waals surface area contributed by atoms with Gasteiger partial charge in [0.15, 0.2) is 5.58 Å². The van der Waals surface area contributed by atoms with Crippen molar-refractivity contribution in [3.8, 4) is 11.5 Å². The summed E-state index contributed by atoms with van der Waals surface area (Å²) in [5.41, 5.74) is 2.50. The maximum Gasteiger partial charge on any atom is 0.273 e. The average Bonchev–Trinajstić information content (AvgIpc) is 3.11. The Morgan fingerprint density at radius 2 is 1.90 bits per heavy atom. The van der Waals surface area contributed by atoms with E-state index in [9.17, 15) is 19.3 Å². The highest BCUT2D eigenvalue weighted by Crippen LogP contribution is 2.27. The predicted molar refractivity (Wildman–Crippen MR) is 105 cm³/mol. The fraction of sp³-hybridized carbons (Fsp3) is 0.0476. The molecule has 144 valence electrons. The van der Waals surface area contributed by atoms with E-state index in [0.29, 0.717) is 28.2 Å². The van der Waals surface area contributed by atoms with Crippen LogP contribution < -0.4 is 5.32 Å². The highest BCUT2D eigenvalue weighted by atomic mass is 19.1. The number of amides is 1. The molecule has 0 radical (unpaired) electrons. The Morgan fingerprint density at radius 3 is 2.62 bits per heavy atom. The van der Waals surface area contributed by atoms with E-state index in [1.807, 2.05) is 0 Å². The summed E-state index contributed by atoms with van der Waals surface area (Å²) in [4.78, 5) is 27.5. The van der Waals surface area contributed by atoms with Gasteiger partial charge in [-0.2, -0.15) is 0 Å². The van der Waals surface area contributed by atoms with Crippen LogP contribution in [0.3, 0.4) is 0 Å². The Balaban J connectivity index is 1.62. The van der Waals surface area contributed by atoms with Crippen LogP contribution in [0.5, 0.6) is 0 Å². The number of fused-ring (bicyclic) bond motifs is 1. The SMILES string of the molecule is Cc1c(C(=O)Nc2ccc3oc(-c4ccc(F)cc4)nc3c2)cccc1[N+](=O)[O-]. The van der Waals surface area contributed by atoms with E-state index >= 15 is 0 Å². The van der Waals surface area contributed by atoms with E-state index in [1.54, 1.807) is 30.3 Å². The second-order valence-corrected chi connectivity index (χ2v) is 6.37. The van der Waals surface area contributed by atoms with Crippen molar-refractivity contribution in [1.82, 2.24) is 4.98 Å². The molecule has 0 saturated heterocycles. The van der Waals surface area contributed by atoms with Crippen LogP contribution in [-0.4, -0.2) is 15.8 Å². The third-order valence-electron chi connectivity index (χ3n) is 4.48. The number of carbonyl (C=O) groups is 1. The lowest BCUT2D eigenvalue weighted by Crippen LogP contribution is -2.14. The van der Waals surface area contributed by atoms with Gasteiger partial charge < -0.3 is 9.73 Å². The normalized spacial score (nSPS) is 10.8. The molecule has 1 N–H and O–H groups in total. The molecule has 4 rings (SSSR count). The summed E-state index contributed by atoms with van der Waals surface area (Å²) < 4.78 is 18.8.